The van der Waals surface area contributed by atoms with Crippen molar-refractivity contribution in [2.45, 2.75) is 6.92 Å². The van der Waals surface area contributed by atoms with Crippen LogP contribution in [-0.4, -0.2) is 29.4 Å². The van der Waals surface area contributed by atoms with Gasteiger partial charge in [0.2, 0.25) is 0 Å². The number of ketones is 1. The first-order valence-corrected chi connectivity index (χ1v) is 4.52. The summed E-state index contributed by atoms with van der Waals surface area (Å²) in [6.45, 7) is 1.87. The van der Waals surface area contributed by atoms with Crippen molar-refractivity contribution in [3.63, 3.8) is 0 Å². The van der Waals surface area contributed by atoms with Gasteiger partial charge < -0.3 is 10.3 Å². The summed E-state index contributed by atoms with van der Waals surface area (Å²) in [6, 6.07) is 6.54. The van der Waals surface area contributed by atoms with Gasteiger partial charge in [-0.05, 0) is 6.92 Å². The zero-order chi connectivity index (χ0) is 12.1. The van der Waals surface area contributed by atoms with Crippen molar-refractivity contribution in [1.82, 2.24) is 0 Å². The fourth-order valence-electron chi connectivity index (χ4n) is 1.12. The molecule has 0 fully saturated rings. The molecule has 0 aliphatic heterocycles. The molecule has 0 aliphatic rings. The molecule has 16 heavy (non-hydrogen) atoms. The van der Waals surface area contributed by atoms with E-state index >= 15 is 0 Å². The van der Waals surface area contributed by atoms with Gasteiger partial charge in [0.05, 0.1) is 7.11 Å². The highest BCUT2D eigenvalue weighted by Crippen LogP contribution is 2.05. The van der Waals surface area contributed by atoms with Crippen molar-refractivity contribution >= 4 is 17.5 Å². The first kappa shape index (κ1) is 11.8. The maximum absolute atomic E-state index is 11.7. The first-order valence-electron chi connectivity index (χ1n) is 4.52. The van der Waals surface area contributed by atoms with Gasteiger partial charge in [-0.1, -0.05) is 29.8 Å². The molecule has 0 amide bonds. The summed E-state index contributed by atoms with van der Waals surface area (Å²) in [5, 5.41) is 0. The molecule has 0 bridgehead atoms. The van der Waals surface area contributed by atoms with E-state index in [9.17, 15) is 9.59 Å². The lowest BCUT2D eigenvalue weighted by molar-refractivity contribution is -0.137. The Hall–Kier alpha value is -2.26. The van der Waals surface area contributed by atoms with E-state index in [1.807, 2.05) is 6.92 Å². The minimum atomic E-state index is -0.965. The standard InChI is InChI=1S/C11H10N2O3/c1-7-3-5-8(6-4-7)10(14)9(13-12)11(15)16-2/h3-6H,1-2H3. The average molecular weight is 218 g/mol. The number of methoxy groups -OCH3 is 1. The minimum Gasteiger partial charge on any atom is -0.460 e. The number of esters is 1. The van der Waals surface area contributed by atoms with Crippen LogP contribution in [0.15, 0.2) is 24.3 Å². The third-order valence-corrected chi connectivity index (χ3v) is 2.01. The molecule has 1 rings (SSSR count). The van der Waals surface area contributed by atoms with Crippen LogP contribution in [0.1, 0.15) is 15.9 Å². The van der Waals surface area contributed by atoms with Gasteiger partial charge in [0.25, 0.3) is 5.78 Å². The Morgan fingerprint density at radius 1 is 1.25 bits per heavy atom. The van der Waals surface area contributed by atoms with Crippen LogP contribution in [0.2, 0.25) is 0 Å². The van der Waals surface area contributed by atoms with Crippen LogP contribution in [0.4, 0.5) is 0 Å². The SMILES string of the molecule is COC(=O)C(=[N+]=[N-])C(=O)c1ccc(C)cc1. The first-order chi connectivity index (χ1) is 7.60. The summed E-state index contributed by atoms with van der Waals surface area (Å²) in [5.74, 6) is -1.64. The lowest BCUT2D eigenvalue weighted by atomic mass is 10.1. The zero-order valence-corrected chi connectivity index (χ0v) is 8.93. The van der Waals surface area contributed by atoms with Gasteiger partial charge in [-0.2, -0.15) is 4.79 Å². The number of Topliss-reactive ketones (excluding diaryl/α,β-unsaturated/α-hetero) is 1. The molecule has 0 atom stereocenters. The van der Waals surface area contributed by atoms with E-state index in [4.69, 9.17) is 5.53 Å². The number of carbonyl (C=O) groups excluding carboxylic acids is 2. The Kier molecular flexibility index (Phi) is 3.69. The molecule has 0 aliphatic carbocycles. The molecule has 0 saturated heterocycles. The lowest BCUT2D eigenvalue weighted by Gasteiger charge is -1.97. The number of ether oxygens (including phenoxy) is 1. The Morgan fingerprint density at radius 2 is 1.81 bits per heavy atom. The molecule has 5 nitrogen and oxygen atoms in total. The van der Waals surface area contributed by atoms with Gasteiger partial charge in [0, 0.05) is 5.56 Å². The van der Waals surface area contributed by atoms with Crippen LogP contribution in [0.5, 0.6) is 0 Å². The molecule has 0 saturated carbocycles. The van der Waals surface area contributed by atoms with Crippen LogP contribution in [0, 0.1) is 6.92 Å². The number of hydrogen-bond acceptors (Lipinski definition) is 3. The van der Waals surface area contributed by atoms with E-state index in [2.05, 4.69) is 9.53 Å². The van der Waals surface area contributed by atoms with Crippen LogP contribution in [0.3, 0.4) is 0 Å². The monoisotopic (exact) mass is 218 g/mol. The Morgan fingerprint density at radius 3 is 2.25 bits per heavy atom. The van der Waals surface area contributed by atoms with Crippen LogP contribution >= 0.6 is 0 Å². The molecule has 0 radical (unpaired) electrons. The highest BCUT2D eigenvalue weighted by atomic mass is 16.5. The molecule has 1 aromatic rings. The lowest BCUT2D eigenvalue weighted by Crippen LogP contribution is -2.26. The quantitative estimate of drug-likeness (QED) is 0.190. The van der Waals surface area contributed by atoms with Crippen molar-refractivity contribution in [1.29, 1.82) is 0 Å². The summed E-state index contributed by atoms with van der Waals surface area (Å²) in [5.41, 5.74) is 9.20. The summed E-state index contributed by atoms with van der Waals surface area (Å²) >= 11 is 0. The molecule has 0 aromatic heterocycles. The molecule has 82 valence electrons. The van der Waals surface area contributed by atoms with E-state index in [-0.39, 0.29) is 5.56 Å². The smallest absolute Gasteiger partial charge is 0.446 e. The third-order valence-electron chi connectivity index (χ3n) is 2.01. The summed E-state index contributed by atoms with van der Waals surface area (Å²) in [7, 11) is 1.11. The van der Waals surface area contributed by atoms with Crippen LogP contribution < -0.4 is 0 Å². The third kappa shape index (κ3) is 2.40. The number of hydrogen-bond donors (Lipinski definition) is 0. The fraction of sp³-hybridized carbons (Fsp3) is 0.182. The van der Waals surface area contributed by atoms with Gasteiger partial charge >= 0.3 is 11.7 Å². The Bertz CT molecular complexity index is 471. The van der Waals surface area contributed by atoms with Gasteiger partial charge in [-0.15, -0.1) is 0 Å². The second-order valence-corrected chi connectivity index (χ2v) is 3.14. The normalized spacial score (nSPS) is 9.12. The summed E-state index contributed by atoms with van der Waals surface area (Å²) < 4.78 is 4.32. The number of benzene rings is 1. The van der Waals surface area contributed by atoms with E-state index in [0.29, 0.717) is 0 Å². The van der Waals surface area contributed by atoms with E-state index in [1.165, 1.54) is 0 Å². The van der Waals surface area contributed by atoms with Crippen molar-refractivity contribution in [3.05, 3.63) is 40.9 Å². The van der Waals surface area contributed by atoms with Crippen LogP contribution in [-0.2, 0) is 9.53 Å². The van der Waals surface area contributed by atoms with Crippen molar-refractivity contribution in [2.24, 2.45) is 0 Å². The number of carbonyl (C=O) groups is 2. The molecule has 0 N–H and O–H groups in total. The summed E-state index contributed by atoms with van der Waals surface area (Å²) in [4.78, 5) is 25.4. The van der Waals surface area contributed by atoms with Crippen molar-refractivity contribution in [2.75, 3.05) is 7.11 Å². The Labute approximate surface area is 92.3 Å². The molecule has 1 aromatic carbocycles. The average Bonchev–Trinajstić information content (AvgIpc) is 2.30. The molecular formula is C11H10N2O3. The molecule has 0 unspecified atom stereocenters. The minimum absolute atomic E-state index is 0.267. The topological polar surface area (TPSA) is 79.8 Å². The molecule has 0 heterocycles. The second-order valence-electron chi connectivity index (χ2n) is 3.14. The highest BCUT2D eigenvalue weighted by Gasteiger charge is 2.31. The van der Waals surface area contributed by atoms with Crippen LogP contribution in [0.25, 0.3) is 5.53 Å². The largest absolute Gasteiger partial charge is 0.460 e. The number of rotatable bonds is 3. The van der Waals surface area contributed by atoms with Gasteiger partial charge in [0.15, 0.2) is 0 Å². The molecule has 5 heteroatoms. The summed E-state index contributed by atoms with van der Waals surface area (Å²) in [6.07, 6.45) is 0. The maximum Gasteiger partial charge on any atom is 0.446 e. The van der Waals surface area contributed by atoms with Crippen molar-refractivity contribution in [3.8, 4) is 0 Å². The van der Waals surface area contributed by atoms with Gasteiger partial charge in [-0.25, -0.2) is 4.79 Å². The van der Waals surface area contributed by atoms with Gasteiger partial charge in [0.1, 0.15) is 0 Å². The van der Waals surface area contributed by atoms with Gasteiger partial charge in [-0.3, -0.25) is 4.79 Å². The Balaban J connectivity index is 3.06. The molecular weight excluding hydrogens is 208 g/mol. The second kappa shape index (κ2) is 5.00. The number of nitrogens with zero attached hydrogens (tertiary/aromatic N) is 2. The van der Waals surface area contributed by atoms with E-state index in [1.54, 1.807) is 24.3 Å². The predicted octanol–water partition coefficient (Wildman–Crippen LogP) is 1.02. The maximum atomic E-state index is 11.7. The predicted molar refractivity (Wildman–Crippen MR) is 56.2 cm³/mol. The fourth-order valence-corrected chi connectivity index (χ4v) is 1.12. The number of aryl methyl sites for hydroxylation is 1. The van der Waals surface area contributed by atoms with E-state index < -0.39 is 17.5 Å². The van der Waals surface area contributed by atoms with Crippen molar-refractivity contribution < 1.29 is 19.1 Å². The van der Waals surface area contributed by atoms with E-state index in [0.717, 1.165) is 12.7 Å². The zero-order valence-electron chi connectivity index (χ0n) is 8.93. The highest BCUT2D eigenvalue weighted by molar-refractivity contribution is 6.65. The molecule has 0 spiro atoms.